The summed E-state index contributed by atoms with van der Waals surface area (Å²) in [6.45, 7) is 1.93. The standard InChI is InChI=1S/C9H7ClFN3O2/c1-2-16-9(15)5-3-12-14-4-6(11)7(10)13-8(5)14/h3-4H,2H2,1H3. The van der Waals surface area contributed by atoms with E-state index in [2.05, 4.69) is 10.1 Å². The lowest BCUT2D eigenvalue weighted by molar-refractivity contribution is 0.0528. The molecule has 0 aliphatic carbocycles. The van der Waals surface area contributed by atoms with E-state index in [1.165, 1.54) is 6.20 Å². The minimum absolute atomic E-state index is 0.156. The largest absolute Gasteiger partial charge is 0.462 e. The van der Waals surface area contributed by atoms with Gasteiger partial charge in [0.15, 0.2) is 16.6 Å². The van der Waals surface area contributed by atoms with Crippen LogP contribution in [-0.2, 0) is 4.74 Å². The van der Waals surface area contributed by atoms with Crippen LogP contribution < -0.4 is 0 Å². The summed E-state index contributed by atoms with van der Waals surface area (Å²) in [7, 11) is 0. The molecular weight excluding hydrogens is 237 g/mol. The molecule has 0 aromatic carbocycles. The first-order valence-corrected chi connectivity index (χ1v) is 4.87. The molecule has 0 saturated carbocycles. The molecule has 0 atom stereocenters. The molecule has 0 N–H and O–H groups in total. The molecule has 2 aromatic rings. The second-order valence-electron chi connectivity index (χ2n) is 2.93. The fourth-order valence-corrected chi connectivity index (χ4v) is 1.35. The second kappa shape index (κ2) is 4.05. The number of halogens is 2. The van der Waals surface area contributed by atoms with Crippen molar-refractivity contribution in [3.05, 3.63) is 28.9 Å². The Hall–Kier alpha value is -1.69. The van der Waals surface area contributed by atoms with Gasteiger partial charge in [-0.1, -0.05) is 11.6 Å². The zero-order valence-electron chi connectivity index (χ0n) is 8.28. The van der Waals surface area contributed by atoms with Crippen LogP contribution in [0.25, 0.3) is 5.65 Å². The van der Waals surface area contributed by atoms with Crippen molar-refractivity contribution in [3.8, 4) is 0 Å². The number of hydrogen-bond donors (Lipinski definition) is 0. The van der Waals surface area contributed by atoms with Gasteiger partial charge in [-0.3, -0.25) is 0 Å². The van der Waals surface area contributed by atoms with Crippen LogP contribution in [0.4, 0.5) is 4.39 Å². The molecular formula is C9H7ClFN3O2. The van der Waals surface area contributed by atoms with E-state index in [-0.39, 0.29) is 23.0 Å². The molecule has 2 heterocycles. The maximum atomic E-state index is 13.0. The van der Waals surface area contributed by atoms with Gasteiger partial charge < -0.3 is 4.74 Å². The lowest BCUT2D eigenvalue weighted by atomic mass is 10.3. The van der Waals surface area contributed by atoms with Gasteiger partial charge in [-0.15, -0.1) is 0 Å². The Labute approximate surface area is 94.8 Å². The Bertz CT molecular complexity index is 555. The zero-order valence-corrected chi connectivity index (χ0v) is 9.03. The van der Waals surface area contributed by atoms with Gasteiger partial charge in [-0.25, -0.2) is 18.7 Å². The van der Waals surface area contributed by atoms with Gasteiger partial charge in [0.2, 0.25) is 0 Å². The average molecular weight is 244 g/mol. The molecule has 84 valence electrons. The maximum Gasteiger partial charge on any atom is 0.343 e. The zero-order chi connectivity index (χ0) is 11.7. The first-order valence-electron chi connectivity index (χ1n) is 4.50. The maximum absolute atomic E-state index is 13.0. The Morgan fingerprint density at radius 2 is 2.44 bits per heavy atom. The Morgan fingerprint density at radius 3 is 3.12 bits per heavy atom. The van der Waals surface area contributed by atoms with E-state index in [1.54, 1.807) is 6.92 Å². The third-order valence-electron chi connectivity index (χ3n) is 1.90. The Morgan fingerprint density at radius 1 is 1.69 bits per heavy atom. The number of fused-ring (bicyclic) bond motifs is 1. The number of rotatable bonds is 2. The normalized spacial score (nSPS) is 10.7. The summed E-state index contributed by atoms with van der Waals surface area (Å²) in [6.07, 6.45) is 2.31. The van der Waals surface area contributed by atoms with Crippen molar-refractivity contribution in [1.82, 2.24) is 14.6 Å². The molecule has 0 spiro atoms. The molecule has 2 aromatic heterocycles. The fourth-order valence-electron chi connectivity index (χ4n) is 1.22. The molecule has 0 saturated heterocycles. The number of ether oxygens (including phenoxy) is 1. The number of nitrogens with zero attached hydrogens (tertiary/aromatic N) is 3. The van der Waals surface area contributed by atoms with E-state index in [9.17, 15) is 9.18 Å². The summed E-state index contributed by atoms with van der Waals surface area (Å²) in [5, 5.41) is 3.47. The van der Waals surface area contributed by atoms with Gasteiger partial charge in [0.25, 0.3) is 0 Å². The molecule has 0 unspecified atom stereocenters. The van der Waals surface area contributed by atoms with E-state index in [4.69, 9.17) is 16.3 Å². The molecule has 0 aliphatic rings. The summed E-state index contributed by atoms with van der Waals surface area (Å²) in [4.78, 5) is 15.2. The van der Waals surface area contributed by atoms with Gasteiger partial charge in [0.05, 0.1) is 19.0 Å². The SMILES string of the molecule is CCOC(=O)c1cnn2cc(F)c(Cl)nc12. The molecule has 0 aliphatic heterocycles. The minimum Gasteiger partial charge on any atom is -0.462 e. The van der Waals surface area contributed by atoms with Crippen LogP contribution in [-0.4, -0.2) is 27.2 Å². The highest BCUT2D eigenvalue weighted by atomic mass is 35.5. The highest BCUT2D eigenvalue weighted by Crippen LogP contribution is 2.16. The number of esters is 1. The summed E-state index contributed by atoms with van der Waals surface area (Å²) in [6, 6.07) is 0. The predicted molar refractivity (Wildman–Crippen MR) is 53.9 cm³/mol. The van der Waals surface area contributed by atoms with Crippen molar-refractivity contribution in [2.45, 2.75) is 6.92 Å². The Kier molecular flexibility index (Phi) is 2.74. The van der Waals surface area contributed by atoms with Crippen LogP contribution in [0.2, 0.25) is 5.15 Å². The van der Waals surface area contributed by atoms with Crippen LogP contribution in [0.3, 0.4) is 0 Å². The van der Waals surface area contributed by atoms with E-state index < -0.39 is 11.8 Å². The van der Waals surface area contributed by atoms with Crippen molar-refractivity contribution in [2.75, 3.05) is 6.61 Å². The van der Waals surface area contributed by atoms with E-state index >= 15 is 0 Å². The molecule has 5 nitrogen and oxygen atoms in total. The van der Waals surface area contributed by atoms with Crippen molar-refractivity contribution < 1.29 is 13.9 Å². The van der Waals surface area contributed by atoms with Crippen molar-refractivity contribution >= 4 is 23.2 Å². The minimum atomic E-state index is -0.701. The van der Waals surface area contributed by atoms with E-state index in [1.807, 2.05) is 0 Å². The number of carbonyl (C=O) groups excluding carboxylic acids is 1. The first-order chi connectivity index (χ1) is 7.63. The summed E-state index contributed by atoms with van der Waals surface area (Å²) in [5.41, 5.74) is 0.327. The number of aromatic nitrogens is 3. The van der Waals surface area contributed by atoms with Gasteiger partial charge >= 0.3 is 5.97 Å². The number of hydrogen-bond acceptors (Lipinski definition) is 4. The lowest BCUT2D eigenvalue weighted by Gasteiger charge is -1.99. The van der Waals surface area contributed by atoms with Crippen molar-refractivity contribution in [2.24, 2.45) is 0 Å². The average Bonchev–Trinajstić information content (AvgIpc) is 2.62. The first kappa shape index (κ1) is 10.8. The summed E-state index contributed by atoms with van der Waals surface area (Å²) >= 11 is 5.52. The quantitative estimate of drug-likeness (QED) is 0.595. The molecule has 0 bridgehead atoms. The monoisotopic (exact) mass is 243 g/mol. The second-order valence-corrected chi connectivity index (χ2v) is 3.28. The highest BCUT2D eigenvalue weighted by Gasteiger charge is 2.16. The molecule has 0 amide bonds. The third-order valence-corrected chi connectivity index (χ3v) is 2.17. The predicted octanol–water partition coefficient (Wildman–Crippen LogP) is 1.70. The molecule has 2 rings (SSSR count). The van der Waals surface area contributed by atoms with Gasteiger partial charge in [-0.05, 0) is 6.92 Å². The molecule has 0 radical (unpaired) electrons. The number of carbonyl (C=O) groups is 1. The Balaban J connectivity index is 2.56. The molecule has 16 heavy (non-hydrogen) atoms. The van der Waals surface area contributed by atoms with Crippen LogP contribution >= 0.6 is 11.6 Å². The lowest BCUT2D eigenvalue weighted by Crippen LogP contribution is -2.05. The third kappa shape index (κ3) is 1.71. The highest BCUT2D eigenvalue weighted by molar-refractivity contribution is 6.29. The fraction of sp³-hybridized carbons (Fsp3) is 0.222. The molecule has 0 fully saturated rings. The smallest absolute Gasteiger partial charge is 0.343 e. The van der Waals surface area contributed by atoms with E-state index in [0.29, 0.717) is 0 Å². The van der Waals surface area contributed by atoms with Gasteiger partial charge in [0.1, 0.15) is 5.56 Å². The van der Waals surface area contributed by atoms with Gasteiger partial charge in [0, 0.05) is 0 Å². The van der Waals surface area contributed by atoms with Crippen LogP contribution in [0.5, 0.6) is 0 Å². The topological polar surface area (TPSA) is 56.5 Å². The van der Waals surface area contributed by atoms with E-state index in [0.717, 1.165) is 10.7 Å². The van der Waals surface area contributed by atoms with Crippen LogP contribution in [0, 0.1) is 5.82 Å². The summed E-state index contributed by atoms with van der Waals surface area (Å²) < 4.78 is 19.0. The molecule has 7 heteroatoms. The van der Waals surface area contributed by atoms with Crippen LogP contribution in [0.15, 0.2) is 12.4 Å². The van der Waals surface area contributed by atoms with Crippen molar-refractivity contribution in [1.29, 1.82) is 0 Å². The van der Waals surface area contributed by atoms with Gasteiger partial charge in [-0.2, -0.15) is 5.10 Å². The van der Waals surface area contributed by atoms with Crippen LogP contribution in [0.1, 0.15) is 17.3 Å². The summed E-state index contributed by atoms with van der Waals surface area (Å²) in [5.74, 6) is -1.26. The van der Waals surface area contributed by atoms with Crippen molar-refractivity contribution in [3.63, 3.8) is 0 Å².